The molecule has 0 unspecified atom stereocenters. The predicted octanol–water partition coefficient (Wildman–Crippen LogP) is 10.5. The molecule has 4 rings (SSSR count). The fourth-order valence-corrected chi connectivity index (χ4v) is 21.0. The van der Waals surface area contributed by atoms with Gasteiger partial charge in [-0.25, -0.2) is 24.3 Å². The molecule has 2 aromatic rings. The number of hydrogen-bond donors (Lipinski definition) is 0. The van der Waals surface area contributed by atoms with E-state index < -0.39 is 33.3 Å². The minimum Gasteiger partial charge on any atom is -0.450 e. The maximum Gasteiger partial charge on any atom is 2.00 e. The zero-order valence-corrected chi connectivity index (χ0v) is 37.3. The van der Waals surface area contributed by atoms with Gasteiger partial charge in [-0.2, -0.15) is 10.4 Å². The summed E-state index contributed by atoms with van der Waals surface area (Å²) < 4.78 is 13.3. The van der Waals surface area contributed by atoms with Crippen molar-refractivity contribution in [2.45, 2.75) is 65.2 Å². The Kier molecular flexibility index (Phi) is 28.3. The molecule has 0 saturated carbocycles. The molecule has 0 heterocycles. The molecule has 45 heavy (non-hydrogen) atoms. The Hall–Kier alpha value is -0.133. The molecule has 2 aliphatic rings. The van der Waals surface area contributed by atoms with Gasteiger partial charge in [-0.1, -0.05) is 73.5 Å². The summed E-state index contributed by atoms with van der Waals surface area (Å²) in [7, 11) is -7.19. The maximum atomic E-state index is 6.63. The molecule has 0 N–H and O–H groups in total. The summed E-state index contributed by atoms with van der Waals surface area (Å²) in [6.45, 7) is 18.3. The van der Waals surface area contributed by atoms with E-state index in [1.54, 1.807) is 0 Å². The van der Waals surface area contributed by atoms with E-state index in [1.165, 1.54) is 46.3 Å². The Morgan fingerprint density at radius 1 is 0.467 bits per heavy atom. The fraction of sp³-hybridized carbons (Fsp3) is 0.412. The summed E-state index contributed by atoms with van der Waals surface area (Å²) in [5, 5.41) is 5.52. The largest absolute Gasteiger partial charge is 2.00 e. The molecular formula is C34H54Cl4FeO2Si4. The van der Waals surface area contributed by atoms with Gasteiger partial charge in [0.15, 0.2) is 16.6 Å². The molecule has 0 aromatic heterocycles. The van der Waals surface area contributed by atoms with E-state index in [0.717, 1.165) is 12.8 Å². The summed E-state index contributed by atoms with van der Waals surface area (Å²) >= 11 is 18.6. The van der Waals surface area contributed by atoms with Gasteiger partial charge in [0.2, 0.25) is 16.6 Å². The van der Waals surface area contributed by atoms with Gasteiger partial charge in [-0.3, -0.25) is 12.2 Å². The minimum atomic E-state index is -1.81. The third-order valence-electron chi connectivity index (χ3n) is 6.81. The molecule has 0 spiro atoms. The van der Waals surface area contributed by atoms with Gasteiger partial charge in [-0.15, -0.1) is 46.4 Å². The topological polar surface area (TPSA) is 18.5 Å². The second kappa shape index (κ2) is 25.8. The Morgan fingerprint density at radius 2 is 0.733 bits per heavy atom. The molecule has 254 valence electrons. The van der Waals surface area contributed by atoms with Gasteiger partial charge in [-0.05, 0) is 62.7 Å². The molecule has 0 bridgehead atoms. The molecule has 0 saturated heterocycles. The van der Waals surface area contributed by atoms with E-state index in [0.29, 0.717) is 0 Å². The smallest absolute Gasteiger partial charge is 0.450 e. The third-order valence-corrected chi connectivity index (χ3v) is 22.0. The van der Waals surface area contributed by atoms with Crippen LogP contribution >= 0.6 is 46.4 Å². The second-order valence-electron chi connectivity index (χ2n) is 11.4. The van der Waals surface area contributed by atoms with Gasteiger partial charge in [0.1, 0.15) is 0 Å². The first-order valence-corrected chi connectivity index (χ1v) is 29.1. The van der Waals surface area contributed by atoms with Crippen LogP contribution in [0.25, 0.3) is 0 Å². The van der Waals surface area contributed by atoms with Crippen LogP contribution in [-0.2, 0) is 25.3 Å². The average molecular weight is 805 g/mol. The SMILES string of the molecule is CCl.CCl.CCl.CCl.C[Si](C)(O[Si](C)(C)c1ccccc1)C1=[C-]C=CC1.C[Si](C)(O[Si](C)(C)c1ccccc1)C1=[C-]C=CC1.[Fe+2]. The van der Waals surface area contributed by atoms with E-state index in [-0.39, 0.29) is 17.1 Å². The van der Waals surface area contributed by atoms with Crippen molar-refractivity contribution in [1.29, 1.82) is 0 Å². The number of alkyl halides is 4. The van der Waals surface area contributed by atoms with E-state index in [1.807, 2.05) is 12.2 Å². The summed E-state index contributed by atoms with van der Waals surface area (Å²) in [5.74, 6) is 0. The Bertz CT molecular complexity index is 1060. The molecule has 0 atom stereocenters. The van der Waals surface area contributed by atoms with Gasteiger partial charge in [0.25, 0.3) is 0 Å². The molecule has 0 fully saturated rings. The summed E-state index contributed by atoms with van der Waals surface area (Å²) in [4.78, 5) is 0. The zero-order valence-electron chi connectivity index (χ0n) is 29.2. The van der Waals surface area contributed by atoms with Crippen LogP contribution in [0.2, 0.25) is 52.4 Å². The van der Waals surface area contributed by atoms with Crippen molar-refractivity contribution < 1.29 is 25.3 Å². The summed E-state index contributed by atoms with van der Waals surface area (Å²) in [5.41, 5.74) is 0. The quantitative estimate of drug-likeness (QED) is 0.150. The molecule has 0 aliphatic heterocycles. The Labute approximate surface area is 311 Å². The fourth-order valence-electron chi connectivity index (χ4n) is 4.83. The van der Waals surface area contributed by atoms with Gasteiger partial charge in [0, 0.05) is 25.5 Å². The van der Waals surface area contributed by atoms with Gasteiger partial charge >= 0.3 is 17.1 Å². The van der Waals surface area contributed by atoms with Crippen molar-refractivity contribution in [3.8, 4) is 0 Å². The monoisotopic (exact) mass is 802 g/mol. The molecule has 11 heteroatoms. The summed E-state index contributed by atoms with van der Waals surface area (Å²) in [6, 6.07) is 21.3. The van der Waals surface area contributed by atoms with Crippen molar-refractivity contribution in [1.82, 2.24) is 0 Å². The van der Waals surface area contributed by atoms with E-state index in [2.05, 4.69) is 184 Å². The first-order chi connectivity index (χ1) is 20.8. The first kappa shape index (κ1) is 49.3. The van der Waals surface area contributed by atoms with Crippen LogP contribution in [0.3, 0.4) is 0 Å². The molecule has 0 amide bonds. The van der Waals surface area contributed by atoms with Crippen molar-refractivity contribution >= 4 is 90.0 Å². The van der Waals surface area contributed by atoms with Crippen LogP contribution in [0, 0.1) is 12.2 Å². The van der Waals surface area contributed by atoms with Crippen LogP contribution in [0.5, 0.6) is 0 Å². The number of benzene rings is 2. The number of halogens is 4. The van der Waals surface area contributed by atoms with E-state index in [9.17, 15) is 0 Å². The van der Waals surface area contributed by atoms with Crippen molar-refractivity contribution in [2.24, 2.45) is 0 Å². The third kappa shape index (κ3) is 17.7. The predicted molar refractivity (Wildman–Crippen MR) is 212 cm³/mol. The molecular weight excluding hydrogens is 750 g/mol. The van der Waals surface area contributed by atoms with E-state index in [4.69, 9.17) is 8.23 Å². The molecule has 0 radical (unpaired) electrons. The van der Waals surface area contributed by atoms with Gasteiger partial charge in [0.05, 0.1) is 0 Å². The van der Waals surface area contributed by atoms with Crippen molar-refractivity contribution in [3.05, 3.63) is 108 Å². The Balaban J connectivity index is -0.000000630. The van der Waals surface area contributed by atoms with Crippen LogP contribution < -0.4 is 10.4 Å². The standard InChI is InChI=1S/2C15H21OSi2.4CH3Cl.Fe/c2*1-17(2,14-10-6-5-7-11-14)16-18(3,4)15-12-8-9-13-15;4*1-2;/h2*5-11H,12H2,1-4H3;4*1H3;/q2*-1;;;;;+2. The summed E-state index contributed by atoms with van der Waals surface area (Å²) in [6.07, 6.45) is 23.1. The minimum absolute atomic E-state index is 0. The number of rotatable bonds is 8. The zero-order chi connectivity index (χ0) is 34.5. The van der Waals surface area contributed by atoms with Crippen molar-refractivity contribution in [2.75, 3.05) is 25.5 Å². The molecule has 2 aromatic carbocycles. The van der Waals surface area contributed by atoms with Crippen LogP contribution in [0.15, 0.2) is 95.4 Å². The Morgan fingerprint density at radius 3 is 0.956 bits per heavy atom. The number of hydrogen-bond acceptors (Lipinski definition) is 2. The normalized spacial score (nSPS) is 13.2. The van der Waals surface area contributed by atoms with E-state index >= 15 is 0 Å². The van der Waals surface area contributed by atoms with Crippen LogP contribution in [0.4, 0.5) is 0 Å². The maximum absolute atomic E-state index is 6.63. The first-order valence-electron chi connectivity index (χ1n) is 14.4. The van der Waals surface area contributed by atoms with Crippen molar-refractivity contribution in [3.63, 3.8) is 0 Å². The number of allylic oxidation sites excluding steroid dienone is 8. The van der Waals surface area contributed by atoms with Gasteiger partial charge < -0.3 is 8.23 Å². The van der Waals surface area contributed by atoms with Crippen LogP contribution in [0.1, 0.15) is 12.8 Å². The second-order valence-corrected chi connectivity index (χ2v) is 27.5. The molecule has 2 aliphatic carbocycles. The average Bonchev–Trinajstić information content (AvgIpc) is 3.78. The molecule has 2 nitrogen and oxygen atoms in total. The van der Waals surface area contributed by atoms with Crippen LogP contribution in [-0.4, -0.2) is 58.8 Å².